The van der Waals surface area contributed by atoms with Gasteiger partial charge in [-0.15, -0.1) is 0 Å². The zero-order valence-corrected chi connectivity index (χ0v) is 19.5. The Hall–Kier alpha value is -2.79. The molecule has 1 aromatic heterocycles. The fourth-order valence-electron chi connectivity index (χ4n) is 5.77. The van der Waals surface area contributed by atoms with Crippen molar-refractivity contribution in [1.29, 1.82) is 0 Å². The van der Waals surface area contributed by atoms with Gasteiger partial charge in [-0.25, -0.2) is 4.79 Å². The van der Waals surface area contributed by atoms with E-state index in [0.29, 0.717) is 17.2 Å². The number of rotatable bonds is 5. The Bertz CT molecular complexity index is 1140. The zero-order chi connectivity index (χ0) is 22.8. The molecule has 0 spiro atoms. The van der Waals surface area contributed by atoms with Gasteiger partial charge in [-0.3, -0.25) is 4.90 Å². The van der Waals surface area contributed by atoms with Gasteiger partial charge in [0.1, 0.15) is 5.75 Å². The topological polar surface area (TPSA) is 65.6 Å². The van der Waals surface area contributed by atoms with Gasteiger partial charge in [-0.1, -0.05) is 43.9 Å². The fraction of sp³-hybridized carbons (Fsp3) is 0.464. The highest BCUT2D eigenvalue weighted by molar-refractivity contribution is 5.98. The van der Waals surface area contributed by atoms with E-state index in [1.807, 2.05) is 30.3 Å². The van der Waals surface area contributed by atoms with Crippen molar-refractivity contribution in [2.45, 2.75) is 63.8 Å². The van der Waals surface area contributed by atoms with Gasteiger partial charge in [0, 0.05) is 28.6 Å². The highest BCUT2D eigenvalue weighted by atomic mass is 16.5. The van der Waals surface area contributed by atoms with Gasteiger partial charge in [-0.2, -0.15) is 0 Å². The number of hydrogen-bond acceptors (Lipinski definition) is 4. The maximum Gasteiger partial charge on any atom is 0.337 e. The molecule has 2 fully saturated rings. The van der Waals surface area contributed by atoms with Gasteiger partial charge in [0.25, 0.3) is 0 Å². The number of carbonyl (C=O) groups excluding carboxylic acids is 1. The number of phenols is 1. The summed E-state index contributed by atoms with van der Waals surface area (Å²) >= 11 is 0. The van der Waals surface area contributed by atoms with Gasteiger partial charge in [-0.05, 0) is 68.5 Å². The SMILES string of the molecule is COC(=O)c1ccc2c(C3CCCCC3)c(-c3cccc(CN4CCCCC4)c3O)[nH]c2c1. The van der Waals surface area contributed by atoms with Crippen LogP contribution in [0, 0.1) is 0 Å². The van der Waals surface area contributed by atoms with E-state index in [9.17, 15) is 9.90 Å². The first-order valence-corrected chi connectivity index (χ1v) is 12.4. The molecule has 1 aliphatic heterocycles. The number of esters is 1. The predicted octanol–water partition coefficient (Wildman–Crippen LogP) is 6.36. The smallest absolute Gasteiger partial charge is 0.337 e. The van der Waals surface area contributed by atoms with Crippen LogP contribution in [0.1, 0.15) is 78.8 Å². The minimum absolute atomic E-state index is 0.335. The minimum atomic E-state index is -0.335. The number of hydrogen-bond donors (Lipinski definition) is 2. The van der Waals surface area contributed by atoms with E-state index in [1.54, 1.807) is 0 Å². The number of benzene rings is 2. The molecule has 0 atom stereocenters. The molecular formula is C28H34N2O3. The van der Waals surface area contributed by atoms with Crippen molar-refractivity contribution < 1.29 is 14.6 Å². The minimum Gasteiger partial charge on any atom is -0.507 e. The largest absolute Gasteiger partial charge is 0.507 e. The molecule has 174 valence electrons. The first kappa shape index (κ1) is 22.0. The number of likely N-dealkylation sites (tertiary alicyclic amines) is 1. The van der Waals surface area contributed by atoms with Crippen LogP contribution in [0.15, 0.2) is 36.4 Å². The third-order valence-corrected chi connectivity index (χ3v) is 7.50. The van der Waals surface area contributed by atoms with Gasteiger partial charge < -0.3 is 14.8 Å². The highest BCUT2D eigenvalue weighted by Gasteiger charge is 2.26. The number of para-hydroxylation sites is 1. The number of carbonyl (C=O) groups is 1. The summed E-state index contributed by atoms with van der Waals surface area (Å²) in [6.45, 7) is 2.98. The number of fused-ring (bicyclic) bond motifs is 1. The summed E-state index contributed by atoms with van der Waals surface area (Å²) in [4.78, 5) is 18.2. The summed E-state index contributed by atoms with van der Waals surface area (Å²) < 4.78 is 4.93. The molecule has 0 radical (unpaired) electrons. The molecule has 5 rings (SSSR count). The van der Waals surface area contributed by atoms with Crippen molar-refractivity contribution in [2.75, 3.05) is 20.2 Å². The number of nitrogens with one attached hydrogen (secondary N) is 1. The summed E-state index contributed by atoms with van der Waals surface area (Å²) in [6.07, 6.45) is 9.84. The number of phenolic OH excluding ortho intramolecular Hbond substituents is 1. The number of aromatic hydroxyl groups is 1. The van der Waals surface area contributed by atoms with Crippen LogP contribution in [0.4, 0.5) is 0 Å². The van der Waals surface area contributed by atoms with E-state index in [-0.39, 0.29) is 5.97 Å². The lowest BCUT2D eigenvalue weighted by Gasteiger charge is -2.27. The molecule has 1 saturated heterocycles. The van der Waals surface area contributed by atoms with Crippen molar-refractivity contribution in [2.24, 2.45) is 0 Å². The number of nitrogens with zero attached hydrogens (tertiary/aromatic N) is 1. The third kappa shape index (κ3) is 4.39. The number of ether oxygens (including phenoxy) is 1. The van der Waals surface area contributed by atoms with Crippen LogP contribution in [0.5, 0.6) is 5.75 Å². The van der Waals surface area contributed by atoms with Crippen LogP contribution in [0.3, 0.4) is 0 Å². The lowest BCUT2D eigenvalue weighted by molar-refractivity contribution is 0.0601. The summed E-state index contributed by atoms with van der Waals surface area (Å²) in [6, 6.07) is 11.9. The molecule has 5 heteroatoms. The van der Waals surface area contributed by atoms with Crippen LogP contribution in [0.25, 0.3) is 22.2 Å². The van der Waals surface area contributed by atoms with Crippen LogP contribution in [0.2, 0.25) is 0 Å². The van der Waals surface area contributed by atoms with Crippen LogP contribution in [-0.2, 0) is 11.3 Å². The summed E-state index contributed by atoms with van der Waals surface area (Å²) in [5.41, 5.74) is 5.59. The first-order chi connectivity index (χ1) is 16.2. The molecule has 0 bridgehead atoms. The average Bonchev–Trinajstić information content (AvgIpc) is 3.24. The van der Waals surface area contributed by atoms with Crippen molar-refractivity contribution in [3.8, 4) is 17.0 Å². The number of aromatic nitrogens is 1. The Balaban J connectivity index is 1.60. The number of methoxy groups -OCH3 is 1. The van der Waals surface area contributed by atoms with E-state index >= 15 is 0 Å². The van der Waals surface area contributed by atoms with Gasteiger partial charge >= 0.3 is 5.97 Å². The Labute approximate surface area is 195 Å². The van der Waals surface area contributed by atoms with Crippen molar-refractivity contribution in [1.82, 2.24) is 9.88 Å². The van der Waals surface area contributed by atoms with Crippen LogP contribution >= 0.6 is 0 Å². The van der Waals surface area contributed by atoms with E-state index in [4.69, 9.17) is 4.74 Å². The van der Waals surface area contributed by atoms with Crippen molar-refractivity contribution in [3.05, 3.63) is 53.1 Å². The van der Waals surface area contributed by atoms with E-state index in [2.05, 4.69) is 16.0 Å². The van der Waals surface area contributed by atoms with Gasteiger partial charge in [0.2, 0.25) is 0 Å². The molecule has 2 aliphatic rings. The average molecular weight is 447 g/mol. The second kappa shape index (κ2) is 9.60. The maximum atomic E-state index is 12.1. The third-order valence-electron chi connectivity index (χ3n) is 7.50. The first-order valence-electron chi connectivity index (χ1n) is 12.4. The second-order valence-electron chi connectivity index (χ2n) is 9.65. The Morgan fingerprint density at radius 1 is 1.06 bits per heavy atom. The standard InChI is InChI=1S/C28H34N2O3/c1-33-28(32)20-13-14-22-24(17-20)29-26(25(22)19-9-4-2-5-10-19)23-12-8-11-21(27(23)31)18-30-15-6-3-7-16-30/h8,11-14,17,19,29,31H,2-7,9-10,15-16,18H2,1H3. The van der Waals surface area contributed by atoms with Crippen LogP contribution < -0.4 is 0 Å². The molecule has 5 nitrogen and oxygen atoms in total. The Kier molecular flexibility index (Phi) is 6.41. The quantitative estimate of drug-likeness (QED) is 0.448. The zero-order valence-electron chi connectivity index (χ0n) is 19.5. The number of piperidine rings is 1. The Morgan fingerprint density at radius 3 is 2.58 bits per heavy atom. The van der Waals surface area contributed by atoms with Crippen molar-refractivity contribution >= 4 is 16.9 Å². The van der Waals surface area contributed by atoms with E-state index in [1.165, 1.54) is 51.2 Å². The second-order valence-corrected chi connectivity index (χ2v) is 9.65. The molecule has 1 aliphatic carbocycles. The summed E-state index contributed by atoms with van der Waals surface area (Å²) in [7, 11) is 1.41. The van der Waals surface area contributed by atoms with Crippen molar-refractivity contribution in [3.63, 3.8) is 0 Å². The van der Waals surface area contributed by atoms with Gasteiger partial charge in [0.15, 0.2) is 0 Å². The molecule has 1 saturated carbocycles. The van der Waals surface area contributed by atoms with Crippen LogP contribution in [-0.4, -0.2) is 41.2 Å². The predicted molar refractivity (Wildman–Crippen MR) is 132 cm³/mol. The molecular weight excluding hydrogens is 412 g/mol. The number of H-pyrrole nitrogens is 1. The molecule has 3 aromatic rings. The lowest BCUT2D eigenvalue weighted by Crippen LogP contribution is -2.29. The van der Waals surface area contributed by atoms with E-state index in [0.717, 1.165) is 60.2 Å². The molecule has 2 heterocycles. The molecule has 0 unspecified atom stereocenters. The lowest BCUT2D eigenvalue weighted by atomic mass is 9.81. The summed E-state index contributed by atoms with van der Waals surface area (Å²) in [5, 5.41) is 12.5. The molecule has 0 amide bonds. The normalized spacial score (nSPS) is 18.0. The highest BCUT2D eigenvalue weighted by Crippen LogP contribution is 2.45. The molecule has 2 N–H and O–H groups in total. The van der Waals surface area contributed by atoms with E-state index < -0.39 is 0 Å². The fourth-order valence-corrected chi connectivity index (χ4v) is 5.77. The molecule has 33 heavy (non-hydrogen) atoms. The number of aromatic amines is 1. The Morgan fingerprint density at radius 2 is 1.82 bits per heavy atom. The maximum absolute atomic E-state index is 12.1. The monoisotopic (exact) mass is 446 g/mol. The molecule has 2 aromatic carbocycles. The summed E-state index contributed by atoms with van der Waals surface area (Å²) in [5.74, 6) is 0.496. The van der Waals surface area contributed by atoms with Gasteiger partial charge in [0.05, 0.1) is 18.4 Å².